The number of esters is 1. The normalized spacial score (nSPS) is 11.5. The van der Waals surface area contributed by atoms with E-state index >= 15 is 0 Å². The van der Waals surface area contributed by atoms with E-state index < -0.39 is 22.6 Å². The smallest absolute Gasteiger partial charge is 0.338 e. The first-order chi connectivity index (χ1) is 13.6. The lowest BCUT2D eigenvalue weighted by molar-refractivity contribution is 0.0474. The highest BCUT2D eigenvalue weighted by Gasteiger charge is 2.20. The molecule has 7 nitrogen and oxygen atoms in total. The minimum absolute atomic E-state index is 0.0481. The average Bonchev–Trinajstić information content (AvgIpc) is 2.98. The number of hydrogen-bond acceptors (Lipinski definition) is 5. The van der Waals surface area contributed by atoms with Gasteiger partial charge in [-0.3, -0.25) is 4.79 Å². The van der Waals surface area contributed by atoms with Crippen molar-refractivity contribution in [1.29, 1.82) is 0 Å². The molecular formula is C21H26N2O5S. The largest absolute Gasteiger partial charge is 0.454 e. The summed E-state index contributed by atoms with van der Waals surface area (Å²) in [6, 6.07) is 7.45. The van der Waals surface area contributed by atoms with Gasteiger partial charge in [0.05, 0.1) is 10.5 Å². The van der Waals surface area contributed by atoms with Gasteiger partial charge in [-0.1, -0.05) is 12.1 Å². The third-order valence-corrected chi connectivity index (χ3v) is 5.85. The number of carbonyl (C=O) groups excluding carboxylic acids is 2. The Morgan fingerprint density at radius 1 is 1.24 bits per heavy atom. The fourth-order valence-corrected chi connectivity index (χ4v) is 4.23. The fourth-order valence-electron chi connectivity index (χ4n) is 3.19. The lowest BCUT2D eigenvalue weighted by atomic mass is 10.1. The summed E-state index contributed by atoms with van der Waals surface area (Å²) in [6.07, 6.45) is 1.41. The highest BCUT2D eigenvalue weighted by atomic mass is 32.2. The Morgan fingerprint density at radius 2 is 1.93 bits per heavy atom. The second kappa shape index (κ2) is 9.19. The number of rotatable bonds is 9. The Balaban J connectivity index is 2.12. The zero-order valence-electron chi connectivity index (χ0n) is 17.1. The molecule has 1 N–H and O–H groups in total. The van der Waals surface area contributed by atoms with Gasteiger partial charge in [-0.2, -0.15) is 0 Å². The van der Waals surface area contributed by atoms with Crippen LogP contribution in [0.25, 0.3) is 0 Å². The molecule has 0 fully saturated rings. The standard InChI is InChI=1S/C21H26N2O5S/c1-6-10-22-29(26,27)18-9-7-8-17(12-18)21(25)28-13-20(24)19-11-15(4)23(14(2)3)16(19)5/h6-9,11-12,14,22H,1,10,13H2,2-5H3. The van der Waals surface area contributed by atoms with Crippen LogP contribution in [-0.4, -0.2) is 37.9 Å². The van der Waals surface area contributed by atoms with Crippen LogP contribution < -0.4 is 4.72 Å². The van der Waals surface area contributed by atoms with Crippen LogP contribution in [0.1, 0.15) is 52.0 Å². The SMILES string of the molecule is C=CCNS(=O)(=O)c1cccc(C(=O)OCC(=O)c2cc(C)n(C(C)C)c2C)c1. The lowest BCUT2D eigenvalue weighted by Crippen LogP contribution is -2.24. The molecule has 0 aliphatic carbocycles. The summed E-state index contributed by atoms with van der Waals surface area (Å²) in [5, 5.41) is 0. The maximum Gasteiger partial charge on any atom is 0.338 e. The van der Waals surface area contributed by atoms with Crippen LogP contribution >= 0.6 is 0 Å². The number of ketones is 1. The van der Waals surface area contributed by atoms with Gasteiger partial charge in [-0.15, -0.1) is 6.58 Å². The molecule has 0 atom stereocenters. The molecule has 29 heavy (non-hydrogen) atoms. The Kier molecular flexibility index (Phi) is 7.16. The van der Waals surface area contributed by atoms with Crippen LogP contribution in [0.3, 0.4) is 0 Å². The number of aromatic nitrogens is 1. The number of nitrogens with zero attached hydrogens (tertiary/aromatic N) is 1. The predicted octanol–water partition coefficient (Wildman–Crippen LogP) is 3.19. The maximum absolute atomic E-state index is 12.5. The first-order valence-electron chi connectivity index (χ1n) is 9.18. The summed E-state index contributed by atoms with van der Waals surface area (Å²) in [5.74, 6) is -1.08. The van der Waals surface area contributed by atoms with Gasteiger partial charge in [0.2, 0.25) is 15.8 Å². The van der Waals surface area contributed by atoms with Gasteiger partial charge in [0.1, 0.15) is 0 Å². The molecule has 1 aromatic heterocycles. The van der Waals surface area contributed by atoms with E-state index in [2.05, 4.69) is 11.3 Å². The van der Waals surface area contributed by atoms with E-state index in [0.717, 1.165) is 11.4 Å². The van der Waals surface area contributed by atoms with Crippen LogP contribution in [0.2, 0.25) is 0 Å². The van der Waals surface area contributed by atoms with E-state index in [9.17, 15) is 18.0 Å². The maximum atomic E-state index is 12.5. The van der Waals surface area contributed by atoms with Gasteiger partial charge in [-0.05, 0) is 52.0 Å². The van der Waals surface area contributed by atoms with Crippen molar-refractivity contribution in [2.75, 3.05) is 13.2 Å². The van der Waals surface area contributed by atoms with Crippen molar-refractivity contribution in [3.63, 3.8) is 0 Å². The quantitative estimate of drug-likeness (QED) is 0.383. The van der Waals surface area contributed by atoms with E-state index in [4.69, 9.17) is 4.74 Å². The molecule has 0 spiro atoms. The molecule has 156 valence electrons. The van der Waals surface area contributed by atoms with Gasteiger partial charge in [-0.25, -0.2) is 17.9 Å². The second-order valence-electron chi connectivity index (χ2n) is 6.92. The van der Waals surface area contributed by atoms with Gasteiger partial charge in [0, 0.05) is 29.5 Å². The van der Waals surface area contributed by atoms with E-state index in [1.165, 1.54) is 30.3 Å². The van der Waals surface area contributed by atoms with Crippen molar-refractivity contribution in [3.05, 3.63) is 65.5 Å². The van der Waals surface area contributed by atoms with Crippen LogP contribution in [0, 0.1) is 13.8 Å². The highest BCUT2D eigenvalue weighted by molar-refractivity contribution is 7.89. The summed E-state index contributed by atoms with van der Waals surface area (Å²) in [4.78, 5) is 24.8. The summed E-state index contributed by atoms with van der Waals surface area (Å²) >= 11 is 0. The summed E-state index contributed by atoms with van der Waals surface area (Å²) in [6.45, 7) is 10.9. The molecule has 2 rings (SSSR count). The molecule has 0 bridgehead atoms. The van der Waals surface area contributed by atoms with E-state index in [1.54, 1.807) is 6.07 Å². The first kappa shape index (κ1) is 22.6. The van der Waals surface area contributed by atoms with Crippen molar-refractivity contribution in [3.8, 4) is 0 Å². The molecule has 0 aliphatic rings. The van der Waals surface area contributed by atoms with Crippen molar-refractivity contribution in [2.24, 2.45) is 0 Å². The molecule has 0 saturated heterocycles. The number of aryl methyl sites for hydroxylation is 1. The molecule has 0 unspecified atom stereocenters. The van der Waals surface area contributed by atoms with E-state index in [0.29, 0.717) is 5.56 Å². The molecule has 0 radical (unpaired) electrons. The fraction of sp³-hybridized carbons (Fsp3) is 0.333. The van der Waals surface area contributed by atoms with Crippen LogP contribution in [-0.2, 0) is 14.8 Å². The zero-order valence-corrected chi connectivity index (χ0v) is 17.9. The second-order valence-corrected chi connectivity index (χ2v) is 8.68. The third-order valence-electron chi connectivity index (χ3n) is 4.43. The Bertz CT molecular complexity index is 1040. The molecule has 1 aromatic carbocycles. The van der Waals surface area contributed by atoms with Crippen molar-refractivity contribution < 1.29 is 22.7 Å². The Labute approximate surface area is 171 Å². The van der Waals surface area contributed by atoms with E-state index in [1.807, 2.05) is 32.3 Å². The van der Waals surface area contributed by atoms with E-state index in [-0.39, 0.29) is 28.8 Å². The minimum Gasteiger partial charge on any atom is -0.454 e. The molecule has 1 heterocycles. The van der Waals surface area contributed by atoms with Gasteiger partial charge < -0.3 is 9.30 Å². The van der Waals surface area contributed by atoms with Crippen LogP contribution in [0.5, 0.6) is 0 Å². The predicted molar refractivity (Wildman–Crippen MR) is 111 cm³/mol. The van der Waals surface area contributed by atoms with Crippen LogP contribution in [0.15, 0.2) is 47.9 Å². The summed E-state index contributed by atoms with van der Waals surface area (Å²) < 4.78 is 33.9. The minimum atomic E-state index is -3.77. The summed E-state index contributed by atoms with van der Waals surface area (Å²) in [7, 11) is -3.77. The zero-order chi connectivity index (χ0) is 21.8. The van der Waals surface area contributed by atoms with Gasteiger partial charge in [0.25, 0.3) is 0 Å². The number of hydrogen-bond donors (Lipinski definition) is 1. The number of sulfonamides is 1. The number of ether oxygens (including phenoxy) is 1. The number of Topliss-reactive ketones (excluding diaryl/α,β-unsaturated/α-hetero) is 1. The number of nitrogens with one attached hydrogen (secondary N) is 1. The topological polar surface area (TPSA) is 94.5 Å². The monoisotopic (exact) mass is 418 g/mol. The molecule has 0 aliphatic heterocycles. The molecular weight excluding hydrogens is 392 g/mol. The van der Waals surface area contributed by atoms with Crippen LogP contribution in [0.4, 0.5) is 0 Å². The lowest BCUT2D eigenvalue weighted by Gasteiger charge is -2.13. The Morgan fingerprint density at radius 3 is 2.52 bits per heavy atom. The molecule has 2 aromatic rings. The summed E-state index contributed by atoms with van der Waals surface area (Å²) in [5.41, 5.74) is 2.33. The molecule has 8 heteroatoms. The van der Waals surface area contributed by atoms with Gasteiger partial charge in [0.15, 0.2) is 6.61 Å². The average molecular weight is 419 g/mol. The number of carbonyl (C=O) groups is 2. The van der Waals surface area contributed by atoms with Crippen molar-refractivity contribution >= 4 is 21.8 Å². The molecule has 0 saturated carbocycles. The number of benzene rings is 1. The van der Waals surface area contributed by atoms with Crippen molar-refractivity contribution in [1.82, 2.24) is 9.29 Å². The highest BCUT2D eigenvalue weighted by Crippen LogP contribution is 2.21. The third kappa shape index (κ3) is 5.21. The first-order valence-corrected chi connectivity index (χ1v) is 10.7. The van der Waals surface area contributed by atoms with Crippen molar-refractivity contribution in [2.45, 2.75) is 38.6 Å². The van der Waals surface area contributed by atoms with Gasteiger partial charge >= 0.3 is 5.97 Å². The Hall–Kier alpha value is -2.71. The molecule has 0 amide bonds.